The average molecular weight is 331 g/mol. The van der Waals surface area contributed by atoms with Crippen molar-refractivity contribution in [1.82, 2.24) is 25.2 Å². The second kappa shape index (κ2) is 7.14. The summed E-state index contributed by atoms with van der Waals surface area (Å²) in [7, 11) is 0. The number of likely N-dealkylation sites (tertiary alicyclic amines) is 1. The van der Waals surface area contributed by atoms with E-state index in [1.807, 2.05) is 13.1 Å². The predicted molar refractivity (Wildman–Crippen MR) is 88.8 cm³/mol. The first-order chi connectivity index (χ1) is 11.1. The van der Waals surface area contributed by atoms with Crippen LogP contribution in [0.5, 0.6) is 0 Å². The molecule has 1 saturated heterocycles. The number of amides is 1. The number of hydrogen-bond donors (Lipinski definition) is 1. The molecule has 0 aromatic carbocycles. The van der Waals surface area contributed by atoms with Crippen LogP contribution in [0.1, 0.15) is 47.9 Å². The number of thiazole rings is 1. The van der Waals surface area contributed by atoms with Gasteiger partial charge in [0.1, 0.15) is 0 Å². The zero-order valence-corrected chi connectivity index (χ0v) is 14.3. The highest BCUT2D eigenvalue weighted by Gasteiger charge is 2.28. The van der Waals surface area contributed by atoms with Crippen molar-refractivity contribution < 1.29 is 4.79 Å². The van der Waals surface area contributed by atoms with Crippen molar-refractivity contribution in [3.8, 4) is 0 Å². The monoisotopic (exact) mass is 331 g/mol. The lowest BCUT2D eigenvalue weighted by molar-refractivity contribution is -0.119. The molecule has 1 fully saturated rings. The van der Waals surface area contributed by atoms with Gasteiger partial charge in [-0.25, -0.2) is 4.98 Å². The standard InChI is InChI=1S/C16H21N5OS/c1-11(22)18-7-13-6-17-8-15(20-13)16-4-3-5-21(16)9-14-10-23-12(2)19-14/h6,8,10,16H,3-5,7,9H2,1-2H3,(H,18,22)/t16-/m1/s1. The van der Waals surface area contributed by atoms with Gasteiger partial charge in [-0.3, -0.25) is 19.7 Å². The Bertz CT molecular complexity index is 687. The molecule has 2 aromatic heterocycles. The van der Waals surface area contributed by atoms with Gasteiger partial charge in [0, 0.05) is 18.8 Å². The Labute approximate surface area is 140 Å². The molecule has 6 nitrogen and oxygen atoms in total. The van der Waals surface area contributed by atoms with Crippen molar-refractivity contribution >= 4 is 17.2 Å². The molecular formula is C16H21N5OS. The van der Waals surface area contributed by atoms with Gasteiger partial charge in [-0.2, -0.15) is 0 Å². The molecule has 0 unspecified atom stereocenters. The van der Waals surface area contributed by atoms with E-state index in [1.165, 1.54) is 6.92 Å². The maximum absolute atomic E-state index is 11.0. The van der Waals surface area contributed by atoms with Crippen LogP contribution in [-0.4, -0.2) is 32.3 Å². The highest BCUT2D eigenvalue weighted by Crippen LogP contribution is 2.32. The van der Waals surface area contributed by atoms with Crippen LogP contribution < -0.4 is 5.32 Å². The molecule has 0 radical (unpaired) electrons. The van der Waals surface area contributed by atoms with E-state index in [0.717, 1.165) is 48.0 Å². The van der Waals surface area contributed by atoms with Gasteiger partial charge in [-0.1, -0.05) is 0 Å². The van der Waals surface area contributed by atoms with E-state index in [9.17, 15) is 4.79 Å². The molecule has 3 rings (SSSR count). The van der Waals surface area contributed by atoms with Crippen LogP contribution in [0.2, 0.25) is 0 Å². The molecule has 23 heavy (non-hydrogen) atoms. The third-order valence-electron chi connectivity index (χ3n) is 3.96. The first-order valence-corrected chi connectivity index (χ1v) is 8.70. The van der Waals surface area contributed by atoms with Crippen molar-refractivity contribution in [3.05, 3.63) is 39.9 Å². The number of aromatic nitrogens is 3. The molecule has 1 aliphatic heterocycles. The third-order valence-corrected chi connectivity index (χ3v) is 4.78. The number of rotatable bonds is 5. The van der Waals surface area contributed by atoms with Gasteiger partial charge in [0.2, 0.25) is 5.91 Å². The molecule has 0 aliphatic carbocycles. The predicted octanol–water partition coefficient (Wildman–Crippen LogP) is 2.21. The molecule has 1 amide bonds. The Hall–Kier alpha value is -1.86. The number of aryl methyl sites for hydroxylation is 1. The number of hydrogen-bond acceptors (Lipinski definition) is 6. The van der Waals surface area contributed by atoms with Crippen molar-refractivity contribution in [1.29, 1.82) is 0 Å². The van der Waals surface area contributed by atoms with Gasteiger partial charge in [0.15, 0.2) is 0 Å². The SMILES string of the molecule is CC(=O)NCc1cncc([C@H]2CCCN2Cc2csc(C)n2)n1. The lowest BCUT2D eigenvalue weighted by Gasteiger charge is -2.23. The van der Waals surface area contributed by atoms with Crippen molar-refractivity contribution in [3.63, 3.8) is 0 Å². The van der Waals surface area contributed by atoms with Crippen LogP contribution in [-0.2, 0) is 17.9 Å². The van der Waals surface area contributed by atoms with E-state index in [2.05, 4.69) is 30.5 Å². The van der Waals surface area contributed by atoms with Crippen LogP contribution in [0, 0.1) is 6.92 Å². The van der Waals surface area contributed by atoms with Gasteiger partial charge < -0.3 is 5.32 Å². The van der Waals surface area contributed by atoms with Gasteiger partial charge in [-0.15, -0.1) is 11.3 Å². The van der Waals surface area contributed by atoms with Crippen LogP contribution in [0.15, 0.2) is 17.8 Å². The van der Waals surface area contributed by atoms with E-state index in [0.29, 0.717) is 6.54 Å². The zero-order valence-electron chi connectivity index (χ0n) is 13.5. The van der Waals surface area contributed by atoms with Crippen LogP contribution in [0.25, 0.3) is 0 Å². The number of carbonyl (C=O) groups is 1. The van der Waals surface area contributed by atoms with Gasteiger partial charge in [0.05, 0.1) is 47.1 Å². The Balaban J connectivity index is 1.71. The third kappa shape index (κ3) is 4.11. The second-order valence-electron chi connectivity index (χ2n) is 5.83. The topological polar surface area (TPSA) is 71.0 Å². The Morgan fingerprint density at radius 1 is 1.39 bits per heavy atom. The summed E-state index contributed by atoms with van der Waals surface area (Å²) in [6.07, 6.45) is 5.79. The van der Waals surface area contributed by atoms with Crippen molar-refractivity contribution in [2.24, 2.45) is 0 Å². The number of nitrogens with one attached hydrogen (secondary N) is 1. The zero-order chi connectivity index (χ0) is 16.2. The molecule has 0 bridgehead atoms. The molecule has 1 N–H and O–H groups in total. The minimum Gasteiger partial charge on any atom is -0.351 e. The Morgan fingerprint density at radius 3 is 3.00 bits per heavy atom. The fourth-order valence-corrected chi connectivity index (χ4v) is 3.53. The van der Waals surface area contributed by atoms with E-state index >= 15 is 0 Å². The van der Waals surface area contributed by atoms with Crippen molar-refractivity contribution in [2.45, 2.75) is 45.8 Å². The lowest BCUT2D eigenvalue weighted by atomic mass is 10.1. The summed E-state index contributed by atoms with van der Waals surface area (Å²) in [5.41, 5.74) is 2.91. The summed E-state index contributed by atoms with van der Waals surface area (Å²) in [6.45, 7) is 5.87. The Morgan fingerprint density at radius 2 is 2.26 bits per heavy atom. The molecule has 122 valence electrons. The minimum atomic E-state index is -0.0569. The van der Waals surface area contributed by atoms with Crippen LogP contribution in [0.4, 0.5) is 0 Å². The molecular weight excluding hydrogens is 310 g/mol. The summed E-state index contributed by atoms with van der Waals surface area (Å²) in [5.74, 6) is -0.0569. The fourth-order valence-electron chi connectivity index (χ4n) is 2.92. The average Bonchev–Trinajstić information content (AvgIpc) is 3.15. The first kappa shape index (κ1) is 16.0. The smallest absolute Gasteiger partial charge is 0.217 e. The van der Waals surface area contributed by atoms with Gasteiger partial charge in [0.25, 0.3) is 0 Å². The summed E-state index contributed by atoms with van der Waals surface area (Å²) in [6, 6.07) is 0.279. The molecule has 0 spiro atoms. The maximum Gasteiger partial charge on any atom is 0.217 e. The molecule has 2 aromatic rings. The van der Waals surface area contributed by atoms with Crippen LogP contribution >= 0.6 is 11.3 Å². The summed E-state index contributed by atoms with van der Waals surface area (Å²) in [5, 5.41) is 6.00. The maximum atomic E-state index is 11.0. The second-order valence-corrected chi connectivity index (χ2v) is 6.89. The van der Waals surface area contributed by atoms with E-state index < -0.39 is 0 Å². The van der Waals surface area contributed by atoms with E-state index in [-0.39, 0.29) is 11.9 Å². The van der Waals surface area contributed by atoms with Crippen LogP contribution in [0.3, 0.4) is 0 Å². The molecule has 7 heteroatoms. The number of carbonyl (C=O) groups excluding carboxylic acids is 1. The van der Waals surface area contributed by atoms with Gasteiger partial charge >= 0.3 is 0 Å². The molecule has 0 saturated carbocycles. The Kier molecular flexibility index (Phi) is 4.97. The molecule has 1 aliphatic rings. The molecule has 1 atom stereocenters. The summed E-state index contributed by atoms with van der Waals surface area (Å²) >= 11 is 1.69. The normalized spacial score (nSPS) is 18.3. The number of nitrogens with zero attached hydrogens (tertiary/aromatic N) is 4. The largest absolute Gasteiger partial charge is 0.351 e. The summed E-state index contributed by atoms with van der Waals surface area (Å²) in [4.78, 5) is 27.0. The fraction of sp³-hybridized carbons (Fsp3) is 0.500. The highest BCUT2D eigenvalue weighted by molar-refractivity contribution is 7.09. The highest BCUT2D eigenvalue weighted by atomic mass is 32.1. The van der Waals surface area contributed by atoms with E-state index in [4.69, 9.17) is 0 Å². The summed E-state index contributed by atoms with van der Waals surface area (Å²) < 4.78 is 0. The quantitative estimate of drug-likeness (QED) is 0.909. The molecule has 3 heterocycles. The lowest BCUT2D eigenvalue weighted by Crippen LogP contribution is -2.25. The van der Waals surface area contributed by atoms with Crippen molar-refractivity contribution in [2.75, 3.05) is 6.54 Å². The van der Waals surface area contributed by atoms with Gasteiger partial charge in [-0.05, 0) is 26.3 Å². The first-order valence-electron chi connectivity index (χ1n) is 7.82. The van der Waals surface area contributed by atoms with E-state index in [1.54, 1.807) is 17.5 Å². The minimum absolute atomic E-state index is 0.0569.